The normalized spacial score (nSPS) is 16.3. The molecule has 1 aromatic heterocycles. The lowest BCUT2D eigenvalue weighted by Gasteiger charge is -2.16. The molecule has 1 aliphatic rings. The van der Waals surface area contributed by atoms with E-state index in [4.69, 9.17) is 22.7 Å². The van der Waals surface area contributed by atoms with Crippen LogP contribution in [0.15, 0.2) is 18.3 Å². The lowest BCUT2D eigenvalue weighted by atomic mass is 10.0. The number of hydrogen-bond donors (Lipinski definition) is 2. The molecule has 0 spiro atoms. The summed E-state index contributed by atoms with van der Waals surface area (Å²) >= 11 is 4.95. The number of ether oxygens (including phenoxy) is 1. The number of rotatable bonds is 7. The van der Waals surface area contributed by atoms with Gasteiger partial charge in [0.15, 0.2) is 0 Å². The largest absolute Gasteiger partial charge is 0.389 e. The maximum atomic E-state index is 5.60. The number of pyridine rings is 1. The van der Waals surface area contributed by atoms with Gasteiger partial charge in [-0.2, -0.15) is 0 Å². The Bertz CT molecular complexity index is 432. The summed E-state index contributed by atoms with van der Waals surface area (Å²) in [5.41, 5.74) is 6.85. The molecule has 5 heteroatoms. The van der Waals surface area contributed by atoms with Gasteiger partial charge in [0.25, 0.3) is 0 Å². The van der Waals surface area contributed by atoms with Crippen molar-refractivity contribution in [1.82, 2.24) is 4.98 Å². The molecule has 2 rings (SSSR count). The lowest BCUT2D eigenvalue weighted by Crippen LogP contribution is -2.18. The predicted molar refractivity (Wildman–Crippen MR) is 76.8 cm³/mol. The van der Waals surface area contributed by atoms with E-state index in [-0.39, 0.29) is 0 Å². The molecular weight excluding hydrogens is 246 g/mol. The highest BCUT2D eigenvalue weighted by Crippen LogP contribution is 2.48. The highest BCUT2D eigenvalue weighted by atomic mass is 32.1. The molecule has 0 radical (unpaired) electrons. The van der Waals surface area contributed by atoms with Crippen molar-refractivity contribution < 1.29 is 4.74 Å². The van der Waals surface area contributed by atoms with Crippen LogP contribution >= 0.6 is 12.2 Å². The Hall–Kier alpha value is -1.20. The van der Waals surface area contributed by atoms with Gasteiger partial charge in [-0.05, 0) is 36.8 Å². The molecule has 4 nitrogen and oxygen atoms in total. The summed E-state index contributed by atoms with van der Waals surface area (Å²) in [6.07, 6.45) is 5.35. The molecule has 0 aliphatic heterocycles. The first-order valence-electron chi connectivity index (χ1n) is 6.14. The average Bonchev–Trinajstić information content (AvgIpc) is 3.15. The lowest BCUT2D eigenvalue weighted by molar-refractivity contribution is 0.175. The third-order valence-corrected chi connectivity index (χ3v) is 3.72. The van der Waals surface area contributed by atoms with Crippen molar-refractivity contribution in [2.24, 2.45) is 11.1 Å². The van der Waals surface area contributed by atoms with Gasteiger partial charge in [0.05, 0.1) is 0 Å². The summed E-state index contributed by atoms with van der Waals surface area (Å²) in [5.74, 6) is 0.837. The number of thiocarbonyl (C=S) groups is 1. The first-order valence-corrected chi connectivity index (χ1v) is 6.55. The van der Waals surface area contributed by atoms with Crippen molar-refractivity contribution in [3.8, 4) is 0 Å². The molecule has 1 fully saturated rings. The summed E-state index contributed by atoms with van der Waals surface area (Å²) in [4.78, 5) is 4.68. The number of anilines is 1. The van der Waals surface area contributed by atoms with Gasteiger partial charge in [-0.15, -0.1) is 0 Å². The predicted octanol–water partition coefficient (Wildman–Crippen LogP) is 1.94. The van der Waals surface area contributed by atoms with Crippen molar-refractivity contribution in [1.29, 1.82) is 0 Å². The van der Waals surface area contributed by atoms with E-state index >= 15 is 0 Å². The number of nitrogens with zero attached hydrogens (tertiary/aromatic N) is 1. The molecule has 0 amide bonds. The van der Waals surface area contributed by atoms with E-state index in [1.165, 1.54) is 12.8 Å². The Morgan fingerprint density at radius 2 is 2.39 bits per heavy atom. The van der Waals surface area contributed by atoms with E-state index in [2.05, 4.69) is 10.3 Å². The fourth-order valence-corrected chi connectivity index (χ4v) is 2.10. The molecule has 1 heterocycles. The van der Waals surface area contributed by atoms with Crippen LogP contribution in [0, 0.1) is 5.41 Å². The zero-order valence-corrected chi connectivity index (χ0v) is 11.4. The van der Waals surface area contributed by atoms with Crippen molar-refractivity contribution in [2.45, 2.75) is 19.3 Å². The van der Waals surface area contributed by atoms with Crippen LogP contribution in [-0.4, -0.2) is 30.2 Å². The van der Waals surface area contributed by atoms with Crippen LogP contribution in [0.2, 0.25) is 0 Å². The van der Waals surface area contributed by atoms with Gasteiger partial charge in [-0.25, -0.2) is 4.98 Å². The summed E-state index contributed by atoms with van der Waals surface area (Å²) in [6, 6.07) is 3.72. The van der Waals surface area contributed by atoms with Crippen LogP contribution in [0.5, 0.6) is 0 Å². The Kier molecular flexibility index (Phi) is 4.14. The van der Waals surface area contributed by atoms with E-state index in [1.807, 2.05) is 12.1 Å². The monoisotopic (exact) mass is 265 g/mol. The molecule has 0 unspecified atom stereocenters. The molecule has 1 saturated carbocycles. The number of aromatic nitrogens is 1. The second-order valence-corrected chi connectivity index (χ2v) is 5.33. The van der Waals surface area contributed by atoms with E-state index in [0.717, 1.165) is 31.0 Å². The summed E-state index contributed by atoms with van der Waals surface area (Å²) < 4.78 is 5.14. The molecule has 0 aromatic carbocycles. The molecule has 1 aromatic rings. The van der Waals surface area contributed by atoms with E-state index in [1.54, 1.807) is 13.3 Å². The highest BCUT2D eigenvalue weighted by molar-refractivity contribution is 7.80. The molecule has 0 saturated heterocycles. The zero-order chi connectivity index (χ0) is 13.0. The number of nitrogens with one attached hydrogen (secondary N) is 1. The number of hydrogen-bond acceptors (Lipinski definition) is 4. The maximum absolute atomic E-state index is 5.60. The molecule has 98 valence electrons. The SMILES string of the molecule is COCCC1(CNc2cc(C(N)=S)ccn2)CC1. The third-order valence-electron chi connectivity index (χ3n) is 3.48. The Morgan fingerprint density at radius 3 is 3.00 bits per heavy atom. The minimum absolute atomic E-state index is 0.400. The van der Waals surface area contributed by atoms with Crippen LogP contribution in [-0.2, 0) is 4.74 Å². The van der Waals surface area contributed by atoms with Crippen LogP contribution in [0.3, 0.4) is 0 Å². The second kappa shape index (κ2) is 5.63. The van der Waals surface area contributed by atoms with Gasteiger partial charge in [0, 0.05) is 32.0 Å². The van der Waals surface area contributed by atoms with Crippen molar-refractivity contribution >= 4 is 23.0 Å². The molecule has 0 bridgehead atoms. The first kappa shape index (κ1) is 13.2. The van der Waals surface area contributed by atoms with Gasteiger partial charge in [-0.3, -0.25) is 0 Å². The minimum atomic E-state index is 0.400. The van der Waals surface area contributed by atoms with E-state index in [9.17, 15) is 0 Å². The maximum Gasteiger partial charge on any atom is 0.126 e. The van der Waals surface area contributed by atoms with Gasteiger partial charge >= 0.3 is 0 Å². The molecule has 0 atom stereocenters. The Labute approximate surface area is 113 Å². The third kappa shape index (κ3) is 3.40. The molecule has 3 N–H and O–H groups in total. The van der Waals surface area contributed by atoms with Crippen molar-refractivity contribution in [3.63, 3.8) is 0 Å². The van der Waals surface area contributed by atoms with Crippen molar-refractivity contribution in [2.75, 3.05) is 25.6 Å². The van der Waals surface area contributed by atoms with Crippen LogP contribution in [0.4, 0.5) is 5.82 Å². The average molecular weight is 265 g/mol. The van der Waals surface area contributed by atoms with E-state index in [0.29, 0.717) is 10.4 Å². The van der Waals surface area contributed by atoms with E-state index < -0.39 is 0 Å². The standard InChI is InChI=1S/C13H19N3OS/c1-17-7-5-13(3-4-13)9-16-11-8-10(12(14)18)2-6-15-11/h2,6,8H,3-5,7,9H2,1H3,(H2,14,18)(H,15,16). The number of nitrogens with two attached hydrogens (primary N) is 1. The highest BCUT2D eigenvalue weighted by Gasteiger charge is 2.41. The van der Waals surface area contributed by atoms with Crippen molar-refractivity contribution in [3.05, 3.63) is 23.9 Å². The second-order valence-electron chi connectivity index (χ2n) is 4.89. The molecule has 1 aliphatic carbocycles. The Morgan fingerprint density at radius 1 is 1.61 bits per heavy atom. The Balaban J connectivity index is 1.90. The van der Waals surface area contributed by atoms with Crippen LogP contribution < -0.4 is 11.1 Å². The number of methoxy groups -OCH3 is 1. The van der Waals surface area contributed by atoms with Gasteiger partial charge < -0.3 is 15.8 Å². The fourth-order valence-electron chi connectivity index (χ4n) is 1.97. The topological polar surface area (TPSA) is 60.2 Å². The van der Waals surface area contributed by atoms with Gasteiger partial charge in [0.1, 0.15) is 10.8 Å². The van der Waals surface area contributed by atoms with Crippen LogP contribution in [0.1, 0.15) is 24.8 Å². The summed E-state index contributed by atoms with van der Waals surface area (Å²) in [6.45, 7) is 1.76. The summed E-state index contributed by atoms with van der Waals surface area (Å²) in [5, 5.41) is 3.37. The fraction of sp³-hybridized carbons (Fsp3) is 0.538. The van der Waals surface area contributed by atoms with Gasteiger partial charge in [-0.1, -0.05) is 12.2 Å². The zero-order valence-electron chi connectivity index (χ0n) is 10.6. The minimum Gasteiger partial charge on any atom is -0.389 e. The first-order chi connectivity index (χ1) is 8.65. The molecular formula is C13H19N3OS. The summed E-state index contributed by atoms with van der Waals surface area (Å²) in [7, 11) is 1.75. The molecule has 18 heavy (non-hydrogen) atoms. The quantitative estimate of drug-likeness (QED) is 0.738. The van der Waals surface area contributed by atoms with Crippen LogP contribution in [0.25, 0.3) is 0 Å². The van der Waals surface area contributed by atoms with Gasteiger partial charge in [0.2, 0.25) is 0 Å². The smallest absolute Gasteiger partial charge is 0.126 e.